The maximum atomic E-state index is 10.2. The molecular formula is C8H14O7. The van der Waals surface area contributed by atoms with Crippen LogP contribution in [0.4, 0.5) is 0 Å². The van der Waals surface area contributed by atoms with E-state index < -0.39 is 43.6 Å². The monoisotopic (exact) mass is 222 g/mol. The summed E-state index contributed by atoms with van der Waals surface area (Å²) in [7, 11) is 0. The van der Waals surface area contributed by atoms with Crippen molar-refractivity contribution < 1.29 is 34.7 Å². The lowest BCUT2D eigenvalue weighted by atomic mass is 10.0. The van der Waals surface area contributed by atoms with Crippen molar-refractivity contribution in [2.24, 2.45) is 0 Å². The molecule has 1 heterocycles. The van der Waals surface area contributed by atoms with Gasteiger partial charge in [0.15, 0.2) is 0 Å². The zero-order valence-corrected chi connectivity index (χ0v) is 7.94. The van der Waals surface area contributed by atoms with Gasteiger partial charge in [-0.25, -0.2) is 4.79 Å². The standard InChI is InChI=1S/C8H14O7/c9-1-5-7(13)8(4(10)2-14-5)15-3-6(11)12/h4-5,7-10,13H,1-3H2,(H,11,12)/t4-,5+,7-,8+/m0/s1. The van der Waals surface area contributed by atoms with Crippen LogP contribution in [0.3, 0.4) is 0 Å². The van der Waals surface area contributed by atoms with Crippen molar-refractivity contribution in [3.63, 3.8) is 0 Å². The first-order valence-corrected chi connectivity index (χ1v) is 4.48. The van der Waals surface area contributed by atoms with Gasteiger partial charge in [0.25, 0.3) is 0 Å². The molecule has 7 heteroatoms. The first kappa shape index (κ1) is 12.3. The molecule has 0 aromatic carbocycles. The smallest absolute Gasteiger partial charge is 0.329 e. The molecule has 0 unspecified atom stereocenters. The molecule has 1 rings (SSSR count). The largest absolute Gasteiger partial charge is 0.480 e. The van der Waals surface area contributed by atoms with Crippen LogP contribution >= 0.6 is 0 Å². The summed E-state index contributed by atoms with van der Waals surface area (Å²) in [6.07, 6.45) is -4.24. The van der Waals surface area contributed by atoms with Gasteiger partial charge in [-0.05, 0) is 0 Å². The van der Waals surface area contributed by atoms with E-state index in [-0.39, 0.29) is 6.61 Å². The number of ether oxygens (including phenoxy) is 2. The summed E-state index contributed by atoms with van der Waals surface area (Å²) in [5, 5.41) is 36.1. The van der Waals surface area contributed by atoms with E-state index in [1.54, 1.807) is 0 Å². The first-order valence-electron chi connectivity index (χ1n) is 4.48. The maximum absolute atomic E-state index is 10.2. The first-order chi connectivity index (χ1) is 7.06. The third kappa shape index (κ3) is 3.11. The quantitative estimate of drug-likeness (QED) is 0.418. The Labute approximate surface area is 85.9 Å². The summed E-state index contributed by atoms with van der Waals surface area (Å²) in [4.78, 5) is 10.2. The lowest BCUT2D eigenvalue weighted by molar-refractivity contribution is -0.212. The van der Waals surface area contributed by atoms with Crippen molar-refractivity contribution in [2.75, 3.05) is 19.8 Å². The predicted molar refractivity (Wildman–Crippen MR) is 46.2 cm³/mol. The minimum Gasteiger partial charge on any atom is -0.480 e. The third-order valence-corrected chi connectivity index (χ3v) is 2.16. The molecule has 0 bridgehead atoms. The number of rotatable bonds is 4. The highest BCUT2D eigenvalue weighted by Gasteiger charge is 2.39. The van der Waals surface area contributed by atoms with Crippen LogP contribution in [0, 0.1) is 0 Å². The lowest BCUT2D eigenvalue weighted by Crippen LogP contribution is -2.55. The normalized spacial score (nSPS) is 36.5. The van der Waals surface area contributed by atoms with Crippen LogP contribution in [-0.2, 0) is 14.3 Å². The van der Waals surface area contributed by atoms with Gasteiger partial charge in [0.1, 0.15) is 31.0 Å². The fraction of sp³-hybridized carbons (Fsp3) is 0.875. The average Bonchev–Trinajstić information content (AvgIpc) is 2.17. The summed E-state index contributed by atoms with van der Waals surface area (Å²) in [6, 6.07) is 0. The molecule has 0 amide bonds. The lowest BCUT2D eigenvalue weighted by Gasteiger charge is -2.36. The highest BCUT2D eigenvalue weighted by molar-refractivity contribution is 5.68. The fourth-order valence-electron chi connectivity index (χ4n) is 1.39. The maximum Gasteiger partial charge on any atom is 0.329 e. The Morgan fingerprint density at radius 3 is 2.67 bits per heavy atom. The van der Waals surface area contributed by atoms with Gasteiger partial charge in [-0.2, -0.15) is 0 Å². The summed E-state index contributed by atoms with van der Waals surface area (Å²) in [5.41, 5.74) is 0. The summed E-state index contributed by atoms with van der Waals surface area (Å²) < 4.78 is 9.72. The van der Waals surface area contributed by atoms with Gasteiger partial charge in [0.05, 0.1) is 13.2 Å². The van der Waals surface area contributed by atoms with Gasteiger partial charge < -0.3 is 29.9 Å². The number of carboxylic acids is 1. The van der Waals surface area contributed by atoms with Gasteiger partial charge in [0.2, 0.25) is 0 Å². The van der Waals surface area contributed by atoms with Gasteiger partial charge in [0, 0.05) is 0 Å². The van der Waals surface area contributed by atoms with Crippen LogP contribution in [0.5, 0.6) is 0 Å². The number of hydrogen-bond acceptors (Lipinski definition) is 6. The SMILES string of the molecule is O=C(O)CO[C@H]1[C@@H](O)[C@@H](CO)OC[C@@H]1O. The molecule has 0 aliphatic carbocycles. The molecule has 0 radical (unpaired) electrons. The molecule has 0 saturated carbocycles. The molecule has 0 aromatic heterocycles. The molecule has 1 aliphatic rings. The topological polar surface area (TPSA) is 116 Å². The molecule has 1 saturated heterocycles. The van der Waals surface area contributed by atoms with Gasteiger partial charge in [-0.1, -0.05) is 0 Å². The number of carboxylic acid groups (broad SMARTS) is 1. The molecule has 88 valence electrons. The number of aliphatic carboxylic acids is 1. The molecule has 4 N–H and O–H groups in total. The van der Waals surface area contributed by atoms with Crippen LogP contribution < -0.4 is 0 Å². The number of hydrogen-bond donors (Lipinski definition) is 4. The predicted octanol–water partition coefficient (Wildman–Crippen LogP) is -2.43. The van der Waals surface area contributed by atoms with Crippen LogP contribution in [0.25, 0.3) is 0 Å². The van der Waals surface area contributed by atoms with E-state index in [1.165, 1.54) is 0 Å². The minimum absolute atomic E-state index is 0.105. The third-order valence-electron chi connectivity index (χ3n) is 2.16. The van der Waals surface area contributed by atoms with E-state index in [1.807, 2.05) is 0 Å². The second kappa shape index (κ2) is 5.38. The number of aliphatic hydroxyl groups excluding tert-OH is 3. The molecular weight excluding hydrogens is 208 g/mol. The van der Waals surface area contributed by atoms with Gasteiger partial charge in [-0.3, -0.25) is 0 Å². The van der Waals surface area contributed by atoms with E-state index in [9.17, 15) is 15.0 Å². The van der Waals surface area contributed by atoms with Crippen molar-refractivity contribution in [3.05, 3.63) is 0 Å². The zero-order valence-electron chi connectivity index (χ0n) is 7.94. The highest BCUT2D eigenvalue weighted by Crippen LogP contribution is 2.18. The van der Waals surface area contributed by atoms with Crippen molar-refractivity contribution >= 4 is 5.97 Å². The summed E-state index contributed by atoms with van der Waals surface area (Å²) in [5.74, 6) is -1.19. The average molecular weight is 222 g/mol. The second-order valence-corrected chi connectivity index (χ2v) is 3.28. The molecule has 1 aliphatic heterocycles. The van der Waals surface area contributed by atoms with Gasteiger partial charge in [-0.15, -0.1) is 0 Å². The Bertz CT molecular complexity index is 219. The number of carbonyl (C=O) groups is 1. The van der Waals surface area contributed by atoms with E-state index in [0.717, 1.165) is 0 Å². The van der Waals surface area contributed by atoms with Crippen LogP contribution in [-0.4, -0.2) is 70.6 Å². The van der Waals surface area contributed by atoms with Crippen LogP contribution in [0.2, 0.25) is 0 Å². The molecule has 0 aromatic rings. The van der Waals surface area contributed by atoms with E-state index in [4.69, 9.17) is 19.7 Å². The van der Waals surface area contributed by atoms with E-state index in [0.29, 0.717) is 0 Å². The van der Waals surface area contributed by atoms with Crippen molar-refractivity contribution in [1.29, 1.82) is 0 Å². The van der Waals surface area contributed by atoms with Crippen molar-refractivity contribution in [3.8, 4) is 0 Å². The summed E-state index contributed by atoms with van der Waals surface area (Å²) >= 11 is 0. The minimum atomic E-state index is -1.24. The molecule has 1 fully saturated rings. The fourth-order valence-corrected chi connectivity index (χ4v) is 1.39. The Kier molecular flexibility index (Phi) is 4.43. The Balaban J connectivity index is 2.53. The van der Waals surface area contributed by atoms with Crippen LogP contribution in [0.1, 0.15) is 0 Å². The number of aliphatic hydroxyl groups is 3. The molecule has 15 heavy (non-hydrogen) atoms. The Hall–Kier alpha value is -0.730. The highest BCUT2D eigenvalue weighted by atomic mass is 16.6. The Morgan fingerprint density at radius 2 is 2.13 bits per heavy atom. The second-order valence-electron chi connectivity index (χ2n) is 3.28. The van der Waals surface area contributed by atoms with Gasteiger partial charge >= 0.3 is 5.97 Å². The van der Waals surface area contributed by atoms with E-state index >= 15 is 0 Å². The van der Waals surface area contributed by atoms with E-state index in [2.05, 4.69) is 0 Å². The molecule has 4 atom stereocenters. The zero-order chi connectivity index (χ0) is 11.4. The van der Waals surface area contributed by atoms with Crippen molar-refractivity contribution in [1.82, 2.24) is 0 Å². The van der Waals surface area contributed by atoms with Crippen LogP contribution in [0.15, 0.2) is 0 Å². The summed E-state index contributed by atoms with van der Waals surface area (Å²) in [6.45, 7) is -1.13. The molecule has 7 nitrogen and oxygen atoms in total. The Morgan fingerprint density at radius 1 is 1.47 bits per heavy atom. The molecule has 0 spiro atoms. The van der Waals surface area contributed by atoms with Crippen molar-refractivity contribution in [2.45, 2.75) is 24.4 Å².